The van der Waals surface area contributed by atoms with E-state index in [1.807, 2.05) is 19.4 Å². The van der Waals surface area contributed by atoms with Gasteiger partial charge in [-0.2, -0.15) is 0 Å². The van der Waals surface area contributed by atoms with Gasteiger partial charge in [-0.05, 0) is 56.6 Å². The summed E-state index contributed by atoms with van der Waals surface area (Å²) in [6.45, 7) is 6.80. The third kappa shape index (κ3) is 3.95. The van der Waals surface area contributed by atoms with Crippen molar-refractivity contribution in [3.63, 3.8) is 0 Å². The van der Waals surface area contributed by atoms with Crippen LogP contribution in [0.15, 0.2) is 18.5 Å². The summed E-state index contributed by atoms with van der Waals surface area (Å²) in [7, 11) is 2.04. The van der Waals surface area contributed by atoms with Gasteiger partial charge < -0.3 is 5.32 Å². The van der Waals surface area contributed by atoms with Gasteiger partial charge in [-0.15, -0.1) is 12.4 Å². The molecule has 17 heavy (non-hydrogen) atoms. The Kier molecular flexibility index (Phi) is 5.89. The number of hydrogen-bond acceptors (Lipinski definition) is 3. The number of likely N-dealkylation sites (tertiary alicyclic amines) is 1. The number of aromatic nitrogens is 1. The maximum atomic E-state index is 4.20. The number of aryl methyl sites for hydroxylation is 1. The lowest BCUT2D eigenvalue weighted by Crippen LogP contribution is -2.24. The van der Waals surface area contributed by atoms with Crippen LogP contribution in [0.25, 0.3) is 0 Å². The van der Waals surface area contributed by atoms with E-state index in [1.54, 1.807) is 0 Å². The summed E-state index contributed by atoms with van der Waals surface area (Å²) in [4.78, 5) is 6.74. The first-order valence-corrected chi connectivity index (χ1v) is 6.06. The van der Waals surface area contributed by atoms with Gasteiger partial charge in [0, 0.05) is 25.5 Å². The Morgan fingerprint density at radius 1 is 1.53 bits per heavy atom. The number of rotatable bonds is 4. The van der Waals surface area contributed by atoms with Crippen LogP contribution < -0.4 is 5.32 Å². The minimum Gasteiger partial charge on any atom is -0.319 e. The summed E-state index contributed by atoms with van der Waals surface area (Å²) in [6.07, 6.45) is 5.19. The molecule has 96 valence electrons. The average molecular weight is 256 g/mol. The predicted octanol–water partition coefficient (Wildman–Crippen LogP) is 1.85. The lowest BCUT2D eigenvalue weighted by molar-refractivity contribution is 0.314. The first-order chi connectivity index (χ1) is 7.79. The van der Waals surface area contributed by atoms with Crippen molar-refractivity contribution in [1.82, 2.24) is 15.2 Å². The summed E-state index contributed by atoms with van der Waals surface area (Å²) in [5.41, 5.74) is 2.72. The van der Waals surface area contributed by atoms with Crippen LogP contribution in [-0.4, -0.2) is 36.6 Å². The van der Waals surface area contributed by atoms with Gasteiger partial charge in [-0.25, -0.2) is 0 Å². The van der Waals surface area contributed by atoms with E-state index in [-0.39, 0.29) is 12.4 Å². The monoisotopic (exact) mass is 255 g/mol. The molecule has 0 bridgehead atoms. The molecule has 1 atom stereocenters. The van der Waals surface area contributed by atoms with E-state index in [4.69, 9.17) is 0 Å². The Labute approximate surface area is 110 Å². The van der Waals surface area contributed by atoms with E-state index in [9.17, 15) is 0 Å². The molecule has 1 unspecified atom stereocenters. The highest BCUT2D eigenvalue weighted by Gasteiger charge is 2.21. The molecule has 0 radical (unpaired) electrons. The molecule has 0 aromatic carbocycles. The van der Waals surface area contributed by atoms with Crippen LogP contribution >= 0.6 is 12.4 Å². The van der Waals surface area contributed by atoms with Crippen LogP contribution in [0.2, 0.25) is 0 Å². The van der Waals surface area contributed by atoms with E-state index in [0.717, 1.165) is 19.0 Å². The molecule has 2 rings (SSSR count). The summed E-state index contributed by atoms with van der Waals surface area (Å²) in [6, 6.07) is 2.09. The maximum Gasteiger partial charge on any atom is 0.0315 e. The number of hydrogen-bond donors (Lipinski definition) is 1. The molecule has 4 heteroatoms. The molecule has 1 saturated heterocycles. The molecular weight excluding hydrogens is 234 g/mol. The van der Waals surface area contributed by atoms with Gasteiger partial charge in [0.25, 0.3) is 0 Å². The molecule has 2 heterocycles. The van der Waals surface area contributed by atoms with E-state index >= 15 is 0 Å². The molecule has 1 fully saturated rings. The van der Waals surface area contributed by atoms with Gasteiger partial charge in [0.05, 0.1) is 0 Å². The maximum absolute atomic E-state index is 4.20. The normalized spacial score (nSPS) is 20.2. The summed E-state index contributed by atoms with van der Waals surface area (Å²) in [5, 5.41) is 3.27. The van der Waals surface area contributed by atoms with E-state index in [2.05, 4.69) is 28.2 Å². The topological polar surface area (TPSA) is 28.2 Å². The summed E-state index contributed by atoms with van der Waals surface area (Å²) in [5.74, 6) is 0.821. The fraction of sp³-hybridized carbons (Fsp3) is 0.615. The zero-order chi connectivity index (χ0) is 11.4. The quantitative estimate of drug-likeness (QED) is 0.890. The highest BCUT2D eigenvalue weighted by atomic mass is 35.5. The molecule has 0 spiro atoms. The van der Waals surface area contributed by atoms with Crippen molar-refractivity contribution in [1.29, 1.82) is 0 Å². The molecule has 1 aliphatic heterocycles. The van der Waals surface area contributed by atoms with Crippen molar-refractivity contribution in [3.05, 3.63) is 29.6 Å². The first kappa shape index (κ1) is 14.4. The predicted molar refractivity (Wildman–Crippen MR) is 73.5 cm³/mol. The van der Waals surface area contributed by atoms with Crippen LogP contribution in [0.5, 0.6) is 0 Å². The van der Waals surface area contributed by atoms with Crippen molar-refractivity contribution in [3.8, 4) is 0 Å². The third-order valence-electron chi connectivity index (χ3n) is 3.40. The molecular formula is C13H22ClN3. The summed E-state index contributed by atoms with van der Waals surface area (Å²) < 4.78 is 0. The van der Waals surface area contributed by atoms with Gasteiger partial charge >= 0.3 is 0 Å². The van der Waals surface area contributed by atoms with Crippen molar-refractivity contribution in [2.75, 3.05) is 26.7 Å². The first-order valence-electron chi connectivity index (χ1n) is 6.06. The second-order valence-electron chi connectivity index (χ2n) is 4.75. The van der Waals surface area contributed by atoms with Gasteiger partial charge in [0.2, 0.25) is 0 Å². The van der Waals surface area contributed by atoms with Crippen molar-refractivity contribution in [2.24, 2.45) is 5.92 Å². The van der Waals surface area contributed by atoms with Crippen LogP contribution in [0, 0.1) is 12.8 Å². The molecule has 0 saturated carbocycles. The number of pyridine rings is 1. The van der Waals surface area contributed by atoms with Crippen LogP contribution in [0.3, 0.4) is 0 Å². The van der Waals surface area contributed by atoms with Crippen LogP contribution in [0.1, 0.15) is 17.5 Å². The number of nitrogens with zero attached hydrogens (tertiary/aromatic N) is 2. The number of halogens is 1. The van der Waals surface area contributed by atoms with Crippen molar-refractivity contribution < 1.29 is 0 Å². The lowest BCUT2D eigenvalue weighted by atomic mass is 10.1. The summed E-state index contributed by atoms with van der Waals surface area (Å²) >= 11 is 0. The third-order valence-corrected chi connectivity index (χ3v) is 3.40. The van der Waals surface area contributed by atoms with Crippen LogP contribution in [0.4, 0.5) is 0 Å². The Balaban J connectivity index is 0.00000144. The Morgan fingerprint density at radius 3 is 3.06 bits per heavy atom. The highest BCUT2D eigenvalue weighted by Crippen LogP contribution is 2.18. The standard InChI is InChI=1S/C13H21N3.ClH/c1-11-3-5-15-8-13(11)10-16-6-4-12(9-16)7-14-2;/h3,5,8,12,14H,4,6-7,9-10H2,1-2H3;1H. The van der Waals surface area contributed by atoms with Gasteiger partial charge in [-0.1, -0.05) is 0 Å². The molecule has 1 aromatic rings. The zero-order valence-corrected chi connectivity index (χ0v) is 11.5. The molecule has 1 aromatic heterocycles. The second-order valence-corrected chi connectivity index (χ2v) is 4.75. The van der Waals surface area contributed by atoms with Gasteiger partial charge in [0.1, 0.15) is 0 Å². The largest absolute Gasteiger partial charge is 0.319 e. The van der Waals surface area contributed by atoms with E-state index in [0.29, 0.717) is 0 Å². The Bertz CT molecular complexity index is 343. The van der Waals surface area contributed by atoms with E-state index < -0.39 is 0 Å². The lowest BCUT2D eigenvalue weighted by Gasteiger charge is -2.17. The molecule has 0 amide bonds. The molecule has 1 N–H and O–H groups in total. The Hall–Kier alpha value is -0.640. The van der Waals surface area contributed by atoms with Gasteiger partial charge in [0.15, 0.2) is 0 Å². The van der Waals surface area contributed by atoms with Crippen molar-refractivity contribution >= 4 is 12.4 Å². The number of nitrogens with one attached hydrogen (secondary N) is 1. The van der Waals surface area contributed by atoms with Crippen molar-refractivity contribution in [2.45, 2.75) is 19.9 Å². The Morgan fingerprint density at radius 2 is 2.35 bits per heavy atom. The average Bonchev–Trinajstić information content (AvgIpc) is 2.70. The smallest absolute Gasteiger partial charge is 0.0315 e. The van der Waals surface area contributed by atoms with E-state index in [1.165, 1.54) is 30.6 Å². The molecule has 1 aliphatic rings. The molecule has 0 aliphatic carbocycles. The fourth-order valence-electron chi connectivity index (χ4n) is 2.41. The fourth-order valence-corrected chi connectivity index (χ4v) is 2.41. The minimum absolute atomic E-state index is 0. The molecule has 3 nitrogen and oxygen atoms in total. The SMILES string of the molecule is CNCC1CCN(Cc2cnccc2C)C1.Cl. The van der Waals surface area contributed by atoms with Gasteiger partial charge in [-0.3, -0.25) is 9.88 Å². The van der Waals surface area contributed by atoms with Crippen LogP contribution in [-0.2, 0) is 6.54 Å². The second kappa shape index (κ2) is 6.94. The zero-order valence-electron chi connectivity index (χ0n) is 10.6. The minimum atomic E-state index is 0. The highest BCUT2D eigenvalue weighted by molar-refractivity contribution is 5.85.